The van der Waals surface area contributed by atoms with E-state index in [2.05, 4.69) is 32.1 Å². The maximum absolute atomic E-state index is 10.7. The molecule has 1 rings (SSSR count). The van der Waals surface area contributed by atoms with Gasteiger partial charge in [-0.3, -0.25) is 4.79 Å². The highest BCUT2D eigenvalue weighted by Crippen LogP contribution is 1.92. The number of nitrogens with zero attached hydrogens (tertiary/aromatic N) is 1. The third-order valence-electron chi connectivity index (χ3n) is 0.859. The first-order chi connectivity index (χ1) is 4.74. The topological polar surface area (TPSA) is 70.9 Å². The molecule has 1 aromatic heterocycles. The van der Waals surface area contributed by atoms with Crippen LogP contribution in [-0.2, 0) is 0 Å². The highest BCUT2D eigenvalue weighted by Gasteiger charge is 2.07. The van der Waals surface area contributed by atoms with Crippen LogP contribution >= 0.6 is 12.2 Å². The van der Waals surface area contributed by atoms with Gasteiger partial charge in [0.2, 0.25) is 0 Å². The molecule has 0 aliphatic rings. The number of nitrogens with one attached hydrogen (secondary N) is 2. The largest absolute Gasteiger partial charge is 0.405 e. The summed E-state index contributed by atoms with van der Waals surface area (Å²) < 4.78 is 4.67. The van der Waals surface area contributed by atoms with Crippen molar-refractivity contribution in [1.29, 1.82) is 0 Å². The van der Waals surface area contributed by atoms with Crippen molar-refractivity contribution in [1.82, 2.24) is 15.5 Å². The molecule has 0 fully saturated rings. The number of H-pyrrole nitrogens is 1. The van der Waals surface area contributed by atoms with Gasteiger partial charge in [-0.25, -0.2) is 5.10 Å². The van der Waals surface area contributed by atoms with Gasteiger partial charge in [-0.05, 0) is 12.2 Å². The average molecular weight is 159 g/mol. The van der Waals surface area contributed by atoms with E-state index in [0.29, 0.717) is 0 Å². The Morgan fingerprint density at radius 3 is 3.00 bits per heavy atom. The zero-order valence-corrected chi connectivity index (χ0v) is 5.99. The second-order valence-electron chi connectivity index (χ2n) is 1.50. The number of aromatic nitrogens is 2. The lowest BCUT2D eigenvalue weighted by atomic mass is 10.6. The number of hydrogen-bond acceptors (Lipinski definition) is 4. The maximum atomic E-state index is 10.7. The van der Waals surface area contributed by atoms with E-state index in [4.69, 9.17) is 0 Å². The van der Waals surface area contributed by atoms with Crippen molar-refractivity contribution in [3.63, 3.8) is 0 Å². The van der Waals surface area contributed by atoms with Gasteiger partial charge in [-0.1, -0.05) is 0 Å². The summed E-state index contributed by atoms with van der Waals surface area (Å²) in [6, 6.07) is 0. The Balaban J connectivity index is 2.95. The minimum absolute atomic E-state index is 0.0486. The van der Waals surface area contributed by atoms with Gasteiger partial charge in [0.25, 0.3) is 4.84 Å². The summed E-state index contributed by atoms with van der Waals surface area (Å²) in [6.07, 6.45) is 0. The summed E-state index contributed by atoms with van der Waals surface area (Å²) in [5.41, 5.74) is 0. The molecule has 2 N–H and O–H groups in total. The second kappa shape index (κ2) is 2.61. The van der Waals surface area contributed by atoms with Crippen LogP contribution in [0.2, 0.25) is 0 Å². The van der Waals surface area contributed by atoms with Crippen molar-refractivity contribution >= 4 is 18.1 Å². The molecule has 0 aromatic carbocycles. The van der Waals surface area contributed by atoms with Crippen molar-refractivity contribution in [3.8, 4) is 0 Å². The Morgan fingerprint density at radius 1 is 1.90 bits per heavy atom. The Hall–Kier alpha value is -1.17. The number of hydrogen-bond donors (Lipinski definition) is 2. The van der Waals surface area contributed by atoms with E-state index in [1.54, 1.807) is 0 Å². The normalized spacial score (nSPS) is 9.30. The third kappa shape index (κ3) is 1.21. The van der Waals surface area contributed by atoms with Crippen LogP contribution in [0.1, 0.15) is 10.7 Å². The quantitative estimate of drug-likeness (QED) is 0.570. The summed E-state index contributed by atoms with van der Waals surface area (Å²) in [5.74, 6) is -0.445. The highest BCUT2D eigenvalue weighted by molar-refractivity contribution is 7.71. The SMILES string of the molecule is CNC(=O)c1n[nH]c(=S)o1. The lowest BCUT2D eigenvalue weighted by Gasteiger charge is -1.87. The lowest BCUT2D eigenvalue weighted by molar-refractivity contribution is 0.0928. The molecule has 0 radical (unpaired) electrons. The number of rotatable bonds is 1. The van der Waals surface area contributed by atoms with E-state index in [1.807, 2.05) is 0 Å². The first kappa shape index (κ1) is 6.94. The summed E-state index contributed by atoms with van der Waals surface area (Å²) in [4.78, 5) is 10.8. The Morgan fingerprint density at radius 2 is 2.60 bits per heavy atom. The monoisotopic (exact) mass is 159 g/mol. The van der Waals surface area contributed by atoms with Crippen LogP contribution in [0.25, 0.3) is 0 Å². The number of amides is 1. The molecule has 1 aromatic rings. The highest BCUT2D eigenvalue weighted by atomic mass is 32.1. The molecular formula is C4H5N3O2S. The van der Waals surface area contributed by atoms with Crippen LogP contribution in [0.15, 0.2) is 4.42 Å². The van der Waals surface area contributed by atoms with Gasteiger partial charge >= 0.3 is 11.8 Å². The molecule has 0 spiro atoms. The molecule has 1 amide bonds. The summed E-state index contributed by atoms with van der Waals surface area (Å²) in [7, 11) is 1.48. The van der Waals surface area contributed by atoms with Crippen LogP contribution < -0.4 is 5.32 Å². The van der Waals surface area contributed by atoms with E-state index < -0.39 is 5.91 Å². The van der Waals surface area contributed by atoms with E-state index in [1.165, 1.54) is 7.05 Å². The van der Waals surface area contributed by atoms with Crippen LogP contribution in [0, 0.1) is 4.84 Å². The number of aromatic amines is 1. The van der Waals surface area contributed by atoms with Crippen LogP contribution in [0.5, 0.6) is 0 Å². The van der Waals surface area contributed by atoms with Gasteiger partial charge < -0.3 is 9.73 Å². The number of carbonyl (C=O) groups excluding carboxylic acids is 1. The average Bonchev–Trinajstić information content (AvgIpc) is 2.34. The standard InChI is InChI=1S/C4H5N3O2S/c1-5-2(8)3-6-7-4(10)9-3/h1H3,(H,5,8)(H,7,10). The number of carbonyl (C=O) groups is 1. The van der Waals surface area contributed by atoms with Crippen LogP contribution in [0.4, 0.5) is 0 Å². The van der Waals surface area contributed by atoms with Crippen LogP contribution in [0.3, 0.4) is 0 Å². The molecule has 0 aliphatic heterocycles. The Bertz CT molecular complexity index is 289. The molecule has 0 saturated carbocycles. The lowest BCUT2D eigenvalue weighted by Crippen LogP contribution is -2.17. The van der Waals surface area contributed by atoms with Crippen molar-refractivity contribution in [2.45, 2.75) is 0 Å². The van der Waals surface area contributed by atoms with Crippen molar-refractivity contribution in [2.75, 3.05) is 7.05 Å². The molecule has 5 nitrogen and oxygen atoms in total. The van der Waals surface area contributed by atoms with E-state index in [9.17, 15) is 4.79 Å². The molecule has 10 heavy (non-hydrogen) atoms. The maximum Gasteiger partial charge on any atom is 0.308 e. The second-order valence-corrected chi connectivity index (χ2v) is 1.87. The smallest absolute Gasteiger partial charge is 0.308 e. The van der Waals surface area contributed by atoms with Crippen molar-refractivity contribution in [2.24, 2.45) is 0 Å². The minimum Gasteiger partial charge on any atom is -0.405 e. The first-order valence-electron chi connectivity index (χ1n) is 2.51. The minimum atomic E-state index is -0.396. The van der Waals surface area contributed by atoms with E-state index >= 15 is 0 Å². The van der Waals surface area contributed by atoms with Crippen LogP contribution in [-0.4, -0.2) is 23.2 Å². The van der Waals surface area contributed by atoms with Gasteiger partial charge in [0.15, 0.2) is 0 Å². The summed E-state index contributed by atoms with van der Waals surface area (Å²) in [6.45, 7) is 0. The molecule has 0 saturated heterocycles. The fourth-order valence-corrected chi connectivity index (χ4v) is 0.558. The molecule has 6 heteroatoms. The molecular weight excluding hydrogens is 154 g/mol. The van der Waals surface area contributed by atoms with Gasteiger partial charge in [0.05, 0.1) is 0 Å². The zero-order chi connectivity index (χ0) is 7.56. The molecule has 1 heterocycles. The Labute approximate surface area is 61.4 Å². The predicted molar refractivity (Wildman–Crippen MR) is 35.1 cm³/mol. The Kier molecular flexibility index (Phi) is 1.81. The molecule has 0 aliphatic carbocycles. The molecule has 0 unspecified atom stereocenters. The predicted octanol–water partition coefficient (Wildman–Crippen LogP) is 0.0918. The molecule has 0 atom stereocenters. The zero-order valence-electron chi connectivity index (χ0n) is 5.17. The van der Waals surface area contributed by atoms with Gasteiger partial charge in [-0.2, -0.15) is 0 Å². The van der Waals surface area contributed by atoms with Gasteiger partial charge in [-0.15, -0.1) is 5.10 Å². The summed E-state index contributed by atoms with van der Waals surface area (Å²) in [5, 5.41) is 8.13. The van der Waals surface area contributed by atoms with E-state index in [-0.39, 0.29) is 10.7 Å². The molecule has 0 bridgehead atoms. The van der Waals surface area contributed by atoms with Gasteiger partial charge in [0.1, 0.15) is 0 Å². The fraction of sp³-hybridized carbons (Fsp3) is 0.250. The van der Waals surface area contributed by atoms with E-state index in [0.717, 1.165) is 0 Å². The first-order valence-corrected chi connectivity index (χ1v) is 2.92. The fourth-order valence-electron chi connectivity index (χ4n) is 0.434. The third-order valence-corrected chi connectivity index (χ3v) is 1.03. The van der Waals surface area contributed by atoms with Crippen molar-refractivity contribution < 1.29 is 9.21 Å². The summed E-state index contributed by atoms with van der Waals surface area (Å²) >= 11 is 4.54. The van der Waals surface area contributed by atoms with Crippen molar-refractivity contribution in [3.05, 3.63) is 10.7 Å². The van der Waals surface area contributed by atoms with Gasteiger partial charge in [0, 0.05) is 7.05 Å². The molecule has 54 valence electrons.